The zero-order chi connectivity index (χ0) is 24.2. The maximum atomic E-state index is 14.5. The van der Waals surface area contributed by atoms with Crippen LogP contribution in [0.3, 0.4) is 0 Å². The van der Waals surface area contributed by atoms with Gasteiger partial charge >= 0.3 is 12.1 Å². The lowest BCUT2D eigenvalue weighted by molar-refractivity contribution is -0.137. The second-order valence-corrected chi connectivity index (χ2v) is 8.02. The summed E-state index contributed by atoms with van der Waals surface area (Å²) in [7, 11) is 1.40. The molecule has 2 amide bonds. The van der Waals surface area contributed by atoms with Crippen LogP contribution in [0.2, 0.25) is 0 Å². The van der Waals surface area contributed by atoms with E-state index < -0.39 is 23.8 Å². The summed E-state index contributed by atoms with van der Waals surface area (Å²) < 4.78 is 20.0. The van der Waals surface area contributed by atoms with Gasteiger partial charge in [0.15, 0.2) is 0 Å². The average molecular weight is 462 g/mol. The molecule has 0 bridgehead atoms. The number of anilines is 1. The van der Waals surface area contributed by atoms with Crippen LogP contribution in [0.25, 0.3) is 11.1 Å². The first-order valence-electron chi connectivity index (χ1n) is 10.7. The SMILES string of the molecule is CN(CCC(=O)O)C(=O)c1ccc(NC(=O)OCC2c3ccccc3-c3ccccc32)cc1F. The molecule has 0 heterocycles. The van der Waals surface area contributed by atoms with E-state index in [4.69, 9.17) is 9.84 Å². The molecule has 0 fully saturated rings. The van der Waals surface area contributed by atoms with Gasteiger partial charge in [0, 0.05) is 25.2 Å². The normalized spacial score (nSPS) is 11.9. The van der Waals surface area contributed by atoms with Gasteiger partial charge in [-0.2, -0.15) is 0 Å². The van der Waals surface area contributed by atoms with Crippen molar-refractivity contribution in [2.75, 3.05) is 25.5 Å². The van der Waals surface area contributed by atoms with Crippen molar-refractivity contribution >= 4 is 23.7 Å². The van der Waals surface area contributed by atoms with E-state index in [-0.39, 0.29) is 36.7 Å². The Hall–Kier alpha value is -4.20. The predicted octanol–water partition coefficient (Wildman–Crippen LogP) is 4.73. The number of carbonyl (C=O) groups excluding carboxylic acids is 2. The lowest BCUT2D eigenvalue weighted by Gasteiger charge is -2.17. The van der Waals surface area contributed by atoms with Crippen LogP contribution >= 0.6 is 0 Å². The Morgan fingerprint density at radius 3 is 2.21 bits per heavy atom. The third kappa shape index (κ3) is 4.76. The minimum atomic E-state index is -1.05. The number of aliphatic carboxylic acids is 1. The molecule has 2 N–H and O–H groups in total. The van der Waals surface area contributed by atoms with Gasteiger partial charge in [0.05, 0.1) is 12.0 Å². The zero-order valence-electron chi connectivity index (χ0n) is 18.5. The fraction of sp³-hybridized carbons (Fsp3) is 0.192. The Bertz CT molecular complexity index is 1210. The number of halogens is 1. The highest BCUT2D eigenvalue weighted by molar-refractivity contribution is 5.95. The topological polar surface area (TPSA) is 95.9 Å². The van der Waals surface area contributed by atoms with Crippen molar-refractivity contribution in [1.82, 2.24) is 4.90 Å². The second-order valence-electron chi connectivity index (χ2n) is 8.02. The van der Waals surface area contributed by atoms with E-state index in [9.17, 15) is 18.8 Å². The molecule has 34 heavy (non-hydrogen) atoms. The molecule has 3 aromatic carbocycles. The Morgan fingerprint density at radius 2 is 1.62 bits per heavy atom. The third-order valence-electron chi connectivity index (χ3n) is 5.80. The minimum absolute atomic E-state index is 0.0483. The van der Waals surface area contributed by atoms with Gasteiger partial charge in [0.25, 0.3) is 5.91 Å². The smallest absolute Gasteiger partial charge is 0.411 e. The number of ether oxygens (including phenoxy) is 1. The first-order valence-corrected chi connectivity index (χ1v) is 10.7. The Labute approximate surface area is 195 Å². The molecule has 7 nitrogen and oxygen atoms in total. The van der Waals surface area contributed by atoms with Gasteiger partial charge < -0.3 is 14.7 Å². The van der Waals surface area contributed by atoms with E-state index in [0.29, 0.717) is 0 Å². The van der Waals surface area contributed by atoms with Gasteiger partial charge in [0.2, 0.25) is 0 Å². The van der Waals surface area contributed by atoms with E-state index in [1.54, 1.807) is 0 Å². The summed E-state index contributed by atoms with van der Waals surface area (Å²) in [6, 6.07) is 19.6. The number of amides is 2. The number of carbonyl (C=O) groups is 3. The van der Waals surface area contributed by atoms with Crippen LogP contribution in [0.1, 0.15) is 33.8 Å². The molecule has 0 atom stereocenters. The van der Waals surface area contributed by atoms with Crippen LogP contribution in [0.4, 0.5) is 14.9 Å². The molecule has 1 aliphatic carbocycles. The van der Waals surface area contributed by atoms with Crippen LogP contribution in [-0.4, -0.2) is 48.2 Å². The van der Waals surface area contributed by atoms with E-state index >= 15 is 0 Å². The van der Waals surface area contributed by atoms with Crippen molar-refractivity contribution in [2.45, 2.75) is 12.3 Å². The number of nitrogens with one attached hydrogen (secondary N) is 1. The average Bonchev–Trinajstić information content (AvgIpc) is 3.14. The van der Waals surface area contributed by atoms with Gasteiger partial charge in [-0.15, -0.1) is 0 Å². The molecule has 1 aliphatic rings. The fourth-order valence-corrected chi connectivity index (χ4v) is 4.09. The summed E-state index contributed by atoms with van der Waals surface area (Å²) >= 11 is 0. The lowest BCUT2D eigenvalue weighted by atomic mass is 9.98. The molecule has 0 spiro atoms. The first-order chi connectivity index (χ1) is 16.3. The van der Waals surface area contributed by atoms with Gasteiger partial charge in [-0.1, -0.05) is 48.5 Å². The Morgan fingerprint density at radius 1 is 1.00 bits per heavy atom. The summed E-state index contributed by atoms with van der Waals surface area (Å²) in [6.07, 6.45) is -0.982. The number of benzene rings is 3. The summed E-state index contributed by atoms with van der Waals surface area (Å²) in [6.45, 7) is 0.0701. The molecule has 8 heteroatoms. The Balaban J connectivity index is 1.39. The van der Waals surface area contributed by atoms with Crippen LogP contribution in [0.15, 0.2) is 66.7 Å². The molecule has 0 aromatic heterocycles. The number of hydrogen-bond donors (Lipinski definition) is 2. The molecule has 0 saturated heterocycles. The van der Waals surface area contributed by atoms with Crippen molar-refractivity contribution in [2.24, 2.45) is 0 Å². The lowest BCUT2D eigenvalue weighted by Crippen LogP contribution is -2.29. The predicted molar refractivity (Wildman–Crippen MR) is 124 cm³/mol. The van der Waals surface area contributed by atoms with Crippen molar-refractivity contribution < 1.29 is 28.6 Å². The molecule has 0 unspecified atom stereocenters. The van der Waals surface area contributed by atoms with Crippen molar-refractivity contribution in [3.8, 4) is 11.1 Å². The maximum Gasteiger partial charge on any atom is 0.411 e. The van der Waals surface area contributed by atoms with Gasteiger partial charge in [-0.05, 0) is 40.5 Å². The molecule has 3 aromatic rings. The molecule has 0 radical (unpaired) electrons. The van der Waals surface area contributed by atoms with Crippen molar-refractivity contribution in [3.63, 3.8) is 0 Å². The first kappa shape index (κ1) is 23.0. The second kappa shape index (κ2) is 9.74. The van der Waals surface area contributed by atoms with Crippen molar-refractivity contribution in [3.05, 3.63) is 89.2 Å². The quantitative estimate of drug-likeness (QED) is 0.529. The standard InChI is InChI=1S/C26H23FN2O5/c1-29(13-12-24(30)31)25(32)21-11-10-16(14-23(21)27)28-26(33)34-15-22-19-8-4-2-6-17(19)18-7-3-5-9-20(18)22/h2-11,14,22H,12-13,15H2,1H3,(H,28,33)(H,30,31). The third-order valence-corrected chi connectivity index (χ3v) is 5.80. The zero-order valence-corrected chi connectivity index (χ0v) is 18.5. The van der Waals surface area contributed by atoms with Crippen LogP contribution in [-0.2, 0) is 9.53 Å². The van der Waals surface area contributed by atoms with Crippen LogP contribution in [0.5, 0.6) is 0 Å². The molecular weight excluding hydrogens is 439 g/mol. The van der Waals surface area contributed by atoms with Crippen LogP contribution < -0.4 is 5.32 Å². The highest BCUT2D eigenvalue weighted by atomic mass is 19.1. The van der Waals surface area contributed by atoms with Gasteiger partial charge in [0.1, 0.15) is 12.4 Å². The fourth-order valence-electron chi connectivity index (χ4n) is 4.09. The van der Waals surface area contributed by atoms with Crippen molar-refractivity contribution in [1.29, 1.82) is 0 Å². The van der Waals surface area contributed by atoms with Crippen LogP contribution in [0, 0.1) is 5.82 Å². The monoisotopic (exact) mass is 462 g/mol. The number of carboxylic acid groups (broad SMARTS) is 1. The largest absolute Gasteiger partial charge is 0.481 e. The number of fused-ring (bicyclic) bond motifs is 3. The number of carboxylic acids is 1. The van der Waals surface area contributed by atoms with E-state index in [0.717, 1.165) is 33.2 Å². The number of rotatable bonds is 7. The highest BCUT2D eigenvalue weighted by Crippen LogP contribution is 2.44. The van der Waals surface area contributed by atoms with E-state index in [1.165, 1.54) is 19.2 Å². The van der Waals surface area contributed by atoms with E-state index in [2.05, 4.69) is 5.32 Å². The number of hydrogen-bond acceptors (Lipinski definition) is 4. The molecule has 0 saturated carbocycles. The minimum Gasteiger partial charge on any atom is -0.481 e. The highest BCUT2D eigenvalue weighted by Gasteiger charge is 2.29. The molecular formula is C26H23FN2O5. The van der Waals surface area contributed by atoms with Gasteiger partial charge in [-0.25, -0.2) is 9.18 Å². The molecule has 174 valence electrons. The molecule has 4 rings (SSSR count). The van der Waals surface area contributed by atoms with Gasteiger partial charge in [-0.3, -0.25) is 14.9 Å². The maximum absolute atomic E-state index is 14.5. The molecule has 0 aliphatic heterocycles. The summed E-state index contributed by atoms with van der Waals surface area (Å²) in [5.41, 5.74) is 4.31. The summed E-state index contributed by atoms with van der Waals surface area (Å²) in [5, 5.41) is 11.2. The summed E-state index contributed by atoms with van der Waals surface area (Å²) in [4.78, 5) is 36.5. The summed E-state index contributed by atoms with van der Waals surface area (Å²) in [5.74, 6) is -2.63. The van der Waals surface area contributed by atoms with E-state index in [1.807, 2.05) is 48.5 Å². The Kier molecular flexibility index (Phi) is 6.58. The number of nitrogens with zero attached hydrogens (tertiary/aromatic N) is 1.